The molecule has 0 radical (unpaired) electrons. The molecule has 3 heteroatoms. The van der Waals surface area contributed by atoms with Crippen LogP contribution in [0.5, 0.6) is 0 Å². The van der Waals surface area contributed by atoms with E-state index in [4.69, 9.17) is 5.73 Å². The minimum absolute atomic E-state index is 0.148. The third-order valence-corrected chi connectivity index (χ3v) is 2.13. The third-order valence-electron chi connectivity index (χ3n) is 2.13. The Morgan fingerprint density at radius 2 is 2.21 bits per heavy atom. The van der Waals surface area contributed by atoms with Gasteiger partial charge in [0, 0.05) is 17.3 Å². The molecule has 2 N–H and O–H groups in total. The van der Waals surface area contributed by atoms with Crippen molar-refractivity contribution in [2.45, 2.75) is 0 Å². The van der Waals surface area contributed by atoms with E-state index in [1.165, 1.54) is 10.6 Å². The van der Waals surface area contributed by atoms with Gasteiger partial charge in [-0.15, -0.1) is 0 Å². The van der Waals surface area contributed by atoms with Crippen LogP contribution in [0.1, 0.15) is 4.79 Å². The van der Waals surface area contributed by atoms with Crippen LogP contribution in [-0.2, 0) is 0 Å². The second kappa shape index (κ2) is 3.03. The van der Waals surface area contributed by atoms with Gasteiger partial charge in [0.2, 0.25) is 0 Å². The first-order valence-electron chi connectivity index (χ1n) is 4.26. The lowest BCUT2D eigenvalue weighted by molar-refractivity contribution is 0.0974. The smallest absolute Gasteiger partial charge is 0.254 e. The molecule has 0 aliphatic heterocycles. The van der Waals surface area contributed by atoms with Gasteiger partial charge in [-0.25, -0.2) is 0 Å². The van der Waals surface area contributed by atoms with E-state index >= 15 is 0 Å². The number of anilines is 1. The lowest BCUT2D eigenvalue weighted by atomic mass is 10.2. The highest BCUT2D eigenvalue weighted by Gasteiger charge is 2.04. The van der Waals surface area contributed by atoms with Gasteiger partial charge in [0.15, 0.2) is 0 Å². The molecule has 0 unspecified atom stereocenters. The molecular formula is C11H10N2O. The maximum atomic E-state index is 11.4. The highest BCUT2D eigenvalue weighted by atomic mass is 16.1. The maximum absolute atomic E-state index is 11.4. The summed E-state index contributed by atoms with van der Waals surface area (Å²) in [4.78, 5) is 11.4. The van der Waals surface area contributed by atoms with Gasteiger partial charge in [-0.2, -0.15) is 0 Å². The largest absolute Gasteiger partial charge is 0.399 e. The predicted molar refractivity (Wildman–Crippen MR) is 57.2 cm³/mol. The predicted octanol–water partition coefficient (Wildman–Crippen LogP) is 2.05. The Kier molecular flexibility index (Phi) is 1.85. The first-order chi connectivity index (χ1) is 6.72. The van der Waals surface area contributed by atoms with Crippen molar-refractivity contribution in [3.63, 3.8) is 0 Å². The van der Waals surface area contributed by atoms with Crippen LogP contribution in [0.4, 0.5) is 5.69 Å². The highest BCUT2D eigenvalue weighted by molar-refractivity contribution is 5.98. The number of carbonyl (C=O) groups is 1. The number of aromatic nitrogens is 1. The quantitative estimate of drug-likeness (QED) is 0.547. The molecule has 1 heterocycles. The van der Waals surface area contributed by atoms with E-state index in [0.717, 1.165) is 10.9 Å². The molecule has 14 heavy (non-hydrogen) atoms. The number of fused-ring (bicyclic) bond motifs is 1. The molecule has 3 nitrogen and oxygen atoms in total. The SMILES string of the molecule is C=CC(=O)n1ccc2ccc(N)cc21. The van der Waals surface area contributed by atoms with Gasteiger partial charge < -0.3 is 5.73 Å². The Bertz CT molecular complexity index is 511. The number of carbonyl (C=O) groups excluding carboxylic acids is 1. The lowest BCUT2D eigenvalue weighted by Gasteiger charge is -2.00. The molecule has 0 atom stereocenters. The van der Waals surface area contributed by atoms with Gasteiger partial charge in [0.25, 0.3) is 5.91 Å². The molecule has 0 amide bonds. The first-order valence-corrected chi connectivity index (χ1v) is 4.26. The molecule has 0 fully saturated rings. The van der Waals surface area contributed by atoms with E-state index in [0.29, 0.717) is 5.69 Å². The molecule has 0 bridgehead atoms. The van der Waals surface area contributed by atoms with Crippen molar-refractivity contribution in [2.24, 2.45) is 0 Å². The van der Waals surface area contributed by atoms with Crippen LogP contribution in [0, 0.1) is 0 Å². The molecule has 0 saturated carbocycles. The van der Waals surface area contributed by atoms with Gasteiger partial charge in [-0.1, -0.05) is 12.6 Å². The molecule has 1 aromatic carbocycles. The zero-order valence-electron chi connectivity index (χ0n) is 7.60. The zero-order chi connectivity index (χ0) is 10.1. The fourth-order valence-corrected chi connectivity index (χ4v) is 1.44. The number of nitrogens with two attached hydrogens (primary N) is 1. The van der Waals surface area contributed by atoms with Gasteiger partial charge >= 0.3 is 0 Å². The summed E-state index contributed by atoms with van der Waals surface area (Å²) in [6.07, 6.45) is 3.00. The summed E-state index contributed by atoms with van der Waals surface area (Å²) in [7, 11) is 0. The molecule has 0 aliphatic rings. The van der Waals surface area contributed by atoms with Crippen LogP contribution >= 0.6 is 0 Å². The van der Waals surface area contributed by atoms with E-state index < -0.39 is 0 Å². The average molecular weight is 186 g/mol. The van der Waals surface area contributed by atoms with Crippen LogP contribution in [0.3, 0.4) is 0 Å². The fourth-order valence-electron chi connectivity index (χ4n) is 1.44. The van der Waals surface area contributed by atoms with E-state index in [9.17, 15) is 4.79 Å². The number of hydrogen-bond acceptors (Lipinski definition) is 2. The van der Waals surface area contributed by atoms with E-state index in [2.05, 4.69) is 6.58 Å². The molecule has 2 aromatic rings. The number of nitrogens with zero attached hydrogens (tertiary/aromatic N) is 1. The van der Waals surface area contributed by atoms with Gasteiger partial charge in [-0.05, 0) is 24.3 Å². The summed E-state index contributed by atoms with van der Waals surface area (Å²) in [5, 5.41) is 0.995. The fraction of sp³-hybridized carbons (Fsp3) is 0. The molecule has 0 saturated heterocycles. The minimum Gasteiger partial charge on any atom is -0.399 e. The van der Waals surface area contributed by atoms with Gasteiger partial charge in [0.1, 0.15) is 0 Å². The normalized spacial score (nSPS) is 10.3. The van der Waals surface area contributed by atoms with Gasteiger partial charge in [-0.3, -0.25) is 9.36 Å². The van der Waals surface area contributed by atoms with Crippen molar-refractivity contribution in [2.75, 3.05) is 5.73 Å². The number of nitrogen functional groups attached to an aromatic ring is 1. The van der Waals surface area contributed by atoms with Crippen molar-refractivity contribution >= 4 is 22.5 Å². The zero-order valence-corrected chi connectivity index (χ0v) is 7.60. The van der Waals surface area contributed by atoms with E-state index in [1.54, 1.807) is 12.3 Å². The van der Waals surface area contributed by atoms with Crippen LogP contribution < -0.4 is 5.73 Å². The van der Waals surface area contributed by atoms with Crippen LogP contribution in [0.25, 0.3) is 10.9 Å². The second-order valence-corrected chi connectivity index (χ2v) is 3.05. The molecule has 1 aromatic heterocycles. The second-order valence-electron chi connectivity index (χ2n) is 3.05. The standard InChI is InChI=1S/C11H10N2O/c1-2-11(14)13-6-5-8-3-4-9(12)7-10(8)13/h2-7H,1,12H2. The Hall–Kier alpha value is -2.03. The Morgan fingerprint density at radius 3 is 2.93 bits per heavy atom. The van der Waals surface area contributed by atoms with Crippen LogP contribution in [0.2, 0.25) is 0 Å². The van der Waals surface area contributed by atoms with Crippen molar-refractivity contribution < 1.29 is 4.79 Å². The summed E-state index contributed by atoms with van der Waals surface area (Å²) in [5.74, 6) is -0.148. The summed E-state index contributed by atoms with van der Waals surface area (Å²) in [6, 6.07) is 7.34. The topological polar surface area (TPSA) is 48.0 Å². The van der Waals surface area contributed by atoms with Crippen LogP contribution in [0.15, 0.2) is 43.1 Å². The Morgan fingerprint density at radius 1 is 1.43 bits per heavy atom. The van der Waals surface area contributed by atoms with E-state index in [-0.39, 0.29) is 5.91 Å². The molecule has 0 spiro atoms. The summed E-state index contributed by atoms with van der Waals surface area (Å²) in [5.41, 5.74) is 7.11. The minimum atomic E-state index is -0.148. The highest BCUT2D eigenvalue weighted by Crippen LogP contribution is 2.18. The lowest BCUT2D eigenvalue weighted by Crippen LogP contribution is -2.04. The van der Waals surface area contributed by atoms with Crippen molar-refractivity contribution in [3.05, 3.63) is 43.1 Å². The monoisotopic (exact) mass is 186 g/mol. The summed E-state index contributed by atoms with van der Waals surface area (Å²) >= 11 is 0. The number of rotatable bonds is 1. The van der Waals surface area contributed by atoms with Crippen LogP contribution in [-0.4, -0.2) is 10.5 Å². The van der Waals surface area contributed by atoms with Gasteiger partial charge in [0.05, 0.1) is 5.52 Å². The molecule has 2 rings (SSSR count). The average Bonchev–Trinajstić information content (AvgIpc) is 2.59. The third kappa shape index (κ3) is 1.19. The first kappa shape index (κ1) is 8.56. The van der Waals surface area contributed by atoms with Crippen molar-refractivity contribution in [3.8, 4) is 0 Å². The summed E-state index contributed by atoms with van der Waals surface area (Å²) in [6.45, 7) is 3.44. The Labute approximate surface area is 81.4 Å². The van der Waals surface area contributed by atoms with Crippen molar-refractivity contribution in [1.82, 2.24) is 4.57 Å². The number of hydrogen-bond donors (Lipinski definition) is 1. The number of allylic oxidation sites excluding steroid dienone is 1. The van der Waals surface area contributed by atoms with E-state index in [1.807, 2.05) is 18.2 Å². The summed E-state index contributed by atoms with van der Waals surface area (Å²) < 4.78 is 1.53. The van der Waals surface area contributed by atoms with Crippen molar-refractivity contribution in [1.29, 1.82) is 0 Å². The number of benzene rings is 1. The molecular weight excluding hydrogens is 176 g/mol. The maximum Gasteiger partial charge on any atom is 0.254 e. The molecule has 0 aliphatic carbocycles. The Balaban J connectivity index is 2.72. The molecule has 70 valence electrons.